The largest absolute Gasteiger partial charge is 0.748 e. The Morgan fingerprint density at radius 3 is 2.27 bits per heavy atom. The zero-order valence-electron chi connectivity index (χ0n) is 23.7. The van der Waals surface area contributed by atoms with Crippen LogP contribution in [0.3, 0.4) is 0 Å². The molecule has 0 bridgehead atoms. The molecule has 2 atom stereocenters. The van der Waals surface area contributed by atoms with E-state index in [1.807, 2.05) is 6.07 Å². The van der Waals surface area contributed by atoms with E-state index in [4.69, 9.17) is 31.4 Å². The Kier molecular flexibility index (Phi) is 11.6. The molecule has 2 unspecified atom stereocenters. The molecule has 0 spiro atoms. The van der Waals surface area contributed by atoms with Crippen molar-refractivity contribution >= 4 is 20.2 Å². The van der Waals surface area contributed by atoms with Crippen molar-refractivity contribution in [3.8, 4) is 17.2 Å². The summed E-state index contributed by atoms with van der Waals surface area (Å²) in [5, 5.41) is 0. The number of fused-ring (bicyclic) bond motifs is 2. The highest BCUT2D eigenvalue weighted by Crippen LogP contribution is 2.39. The monoisotopic (exact) mass is 599 g/mol. The molecular formula is C28H41NO9S2. The Hall–Kier alpha value is -2.38. The summed E-state index contributed by atoms with van der Waals surface area (Å²) in [6, 6.07) is 10.6. The molecule has 12 heteroatoms. The van der Waals surface area contributed by atoms with Gasteiger partial charge in [-0.1, -0.05) is 12.1 Å². The van der Waals surface area contributed by atoms with Gasteiger partial charge in [0.1, 0.15) is 25.5 Å². The lowest BCUT2D eigenvalue weighted by Crippen LogP contribution is -3.11. The SMILES string of the molecule is COc1cc2c(cc1OC)C[NH+](CCCC1CCCc3c(OCCOS(C)(=O)=O)cccc31)CC2.CS(=O)(=O)[O-]. The summed E-state index contributed by atoms with van der Waals surface area (Å²) in [5.41, 5.74) is 5.42. The molecule has 1 aliphatic heterocycles. The van der Waals surface area contributed by atoms with E-state index in [-0.39, 0.29) is 13.2 Å². The number of methoxy groups -OCH3 is 2. The molecular weight excluding hydrogens is 558 g/mol. The second-order valence-electron chi connectivity index (χ2n) is 10.3. The maximum atomic E-state index is 11.2. The molecule has 0 radical (unpaired) electrons. The van der Waals surface area contributed by atoms with E-state index in [9.17, 15) is 8.42 Å². The van der Waals surface area contributed by atoms with Crippen molar-refractivity contribution in [2.45, 2.75) is 51.0 Å². The first-order valence-corrected chi connectivity index (χ1v) is 17.1. The fourth-order valence-corrected chi connectivity index (χ4v) is 5.90. The fraction of sp³-hybridized carbons (Fsp3) is 0.571. The van der Waals surface area contributed by atoms with Crippen molar-refractivity contribution in [3.63, 3.8) is 0 Å². The van der Waals surface area contributed by atoms with Crippen LogP contribution in [0.25, 0.3) is 0 Å². The molecule has 2 aromatic carbocycles. The van der Waals surface area contributed by atoms with E-state index in [1.54, 1.807) is 19.1 Å². The van der Waals surface area contributed by atoms with Gasteiger partial charge in [0, 0.05) is 18.2 Å². The summed E-state index contributed by atoms with van der Waals surface area (Å²) in [5.74, 6) is 3.05. The highest BCUT2D eigenvalue weighted by atomic mass is 32.2. The first kappa shape index (κ1) is 32.1. The molecule has 0 amide bonds. The van der Waals surface area contributed by atoms with Crippen molar-refractivity contribution in [2.24, 2.45) is 0 Å². The maximum Gasteiger partial charge on any atom is 0.264 e. The molecule has 40 heavy (non-hydrogen) atoms. The minimum Gasteiger partial charge on any atom is -0.748 e. The molecule has 0 fully saturated rings. The van der Waals surface area contributed by atoms with Gasteiger partial charge in [-0.25, -0.2) is 8.42 Å². The van der Waals surface area contributed by atoms with Gasteiger partial charge in [0.25, 0.3) is 10.1 Å². The van der Waals surface area contributed by atoms with Crippen LogP contribution in [0.5, 0.6) is 17.2 Å². The molecule has 224 valence electrons. The van der Waals surface area contributed by atoms with Crippen LogP contribution in [0.1, 0.15) is 53.9 Å². The number of benzene rings is 2. The van der Waals surface area contributed by atoms with Crippen LogP contribution < -0.4 is 19.1 Å². The van der Waals surface area contributed by atoms with Crippen LogP contribution in [0, 0.1) is 0 Å². The summed E-state index contributed by atoms with van der Waals surface area (Å²) in [6.07, 6.45) is 8.47. The predicted molar refractivity (Wildman–Crippen MR) is 151 cm³/mol. The van der Waals surface area contributed by atoms with Crippen LogP contribution in [0.4, 0.5) is 0 Å². The van der Waals surface area contributed by atoms with Crippen LogP contribution >= 0.6 is 0 Å². The molecule has 1 N–H and O–H groups in total. The van der Waals surface area contributed by atoms with Gasteiger partial charge in [-0.15, -0.1) is 0 Å². The minimum absolute atomic E-state index is 0.0341. The standard InChI is InChI=1S/C27H37NO6S.CH4O3S/c1-31-26-17-21-12-14-28(19-22(21)18-27(26)32-2)13-6-8-20-7-4-10-24-23(20)9-5-11-25(24)33-15-16-34-35(3,29)30;1-5(2,3)4/h5,9,11,17-18,20H,4,6-8,10,12-16,19H2,1-3H3;1H3,(H,2,3,4). The molecule has 0 aromatic heterocycles. The Labute approximate surface area is 238 Å². The van der Waals surface area contributed by atoms with Crippen LogP contribution in [0.15, 0.2) is 30.3 Å². The van der Waals surface area contributed by atoms with Crippen molar-refractivity contribution < 1.29 is 44.7 Å². The lowest BCUT2D eigenvalue weighted by Gasteiger charge is -2.29. The van der Waals surface area contributed by atoms with E-state index < -0.39 is 20.2 Å². The highest BCUT2D eigenvalue weighted by molar-refractivity contribution is 7.86. The van der Waals surface area contributed by atoms with Gasteiger partial charge in [-0.05, 0) is 72.9 Å². The van der Waals surface area contributed by atoms with E-state index in [2.05, 4.69) is 24.3 Å². The second-order valence-corrected chi connectivity index (χ2v) is 13.3. The average Bonchev–Trinajstić information content (AvgIpc) is 2.89. The Balaban J connectivity index is 0.000000810. The van der Waals surface area contributed by atoms with E-state index >= 15 is 0 Å². The third kappa shape index (κ3) is 10.2. The Bertz CT molecular complexity index is 1340. The predicted octanol–water partition coefficient (Wildman–Crippen LogP) is 2.06. The van der Waals surface area contributed by atoms with Gasteiger partial charge in [0.15, 0.2) is 11.5 Å². The quantitative estimate of drug-likeness (QED) is 0.234. The molecule has 2 aliphatic rings. The van der Waals surface area contributed by atoms with E-state index in [0.29, 0.717) is 12.2 Å². The number of hydrogen-bond donors (Lipinski definition) is 1. The normalized spacial score (nSPS) is 18.5. The first-order chi connectivity index (χ1) is 18.9. The number of hydrogen-bond acceptors (Lipinski definition) is 9. The number of ether oxygens (including phenoxy) is 3. The summed E-state index contributed by atoms with van der Waals surface area (Å²) < 4.78 is 71.2. The minimum atomic E-state index is -3.92. The fourth-order valence-electron chi connectivity index (χ4n) is 5.53. The second kappa shape index (κ2) is 14.5. The van der Waals surface area contributed by atoms with Crippen LogP contribution in [-0.2, 0) is 43.8 Å². The van der Waals surface area contributed by atoms with Crippen molar-refractivity contribution in [3.05, 3.63) is 52.6 Å². The molecule has 2 aromatic rings. The van der Waals surface area contributed by atoms with Crippen LogP contribution in [-0.4, -0.2) is 74.4 Å². The average molecular weight is 600 g/mol. The van der Waals surface area contributed by atoms with Gasteiger partial charge >= 0.3 is 0 Å². The van der Waals surface area contributed by atoms with Crippen molar-refractivity contribution in [2.75, 3.05) is 53.0 Å². The van der Waals surface area contributed by atoms with Crippen molar-refractivity contribution in [1.82, 2.24) is 0 Å². The zero-order chi connectivity index (χ0) is 29.3. The highest BCUT2D eigenvalue weighted by Gasteiger charge is 2.25. The van der Waals surface area contributed by atoms with Gasteiger partial charge in [-0.3, -0.25) is 4.18 Å². The maximum absolute atomic E-state index is 11.2. The summed E-state index contributed by atoms with van der Waals surface area (Å²) in [6.45, 7) is 3.61. The Morgan fingerprint density at radius 1 is 0.950 bits per heavy atom. The molecule has 10 nitrogen and oxygen atoms in total. The number of nitrogens with one attached hydrogen (secondary N) is 1. The Morgan fingerprint density at radius 2 is 1.62 bits per heavy atom. The molecule has 0 saturated heterocycles. The van der Waals surface area contributed by atoms with Gasteiger partial charge in [0.2, 0.25) is 0 Å². The zero-order valence-corrected chi connectivity index (χ0v) is 25.4. The molecule has 1 aliphatic carbocycles. The van der Waals surface area contributed by atoms with E-state index in [0.717, 1.165) is 55.9 Å². The number of rotatable bonds is 11. The van der Waals surface area contributed by atoms with Gasteiger partial charge in [-0.2, -0.15) is 8.42 Å². The summed E-state index contributed by atoms with van der Waals surface area (Å²) >= 11 is 0. The third-order valence-electron chi connectivity index (χ3n) is 7.20. The molecule has 1 heterocycles. The topological polar surface area (TPSA) is 133 Å². The van der Waals surface area contributed by atoms with E-state index in [1.165, 1.54) is 48.1 Å². The summed E-state index contributed by atoms with van der Waals surface area (Å²) in [7, 11) is -3.97. The van der Waals surface area contributed by atoms with Gasteiger partial charge in [0.05, 0.1) is 43.7 Å². The smallest absolute Gasteiger partial charge is 0.264 e. The lowest BCUT2D eigenvalue weighted by atomic mass is 9.80. The lowest BCUT2D eigenvalue weighted by molar-refractivity contribution is -0.916. The van der Waals surface area contributed by atoms with Crippen LogP contribution in [0.2, 0.25) is 0 Å². The third-order valence-corrected chi connectivity index (χ3v) is 7.80. The molecule has 0 saturated carbocycles. The number of quaternary nitrogens is 1. The van der Waals surface area contributed by atoms with Crippen molar-refractivity contribution in [1.29, 1.82) is 0 Å². The van der Waals surface area contributed by atoms with Gasteiger partial charge < -0.3 is 23.7 Å². The molecule has 4 rings (SSSR count). The summed E-state index contributed by atoms with van der Waals surface area (Å²) in [4.78, 5) is 1.63. The first-order valence-electron chi connectivity index (χ1n) is 13.4.